The Kier molecular flexibility index (Phi) is 6.13. The molecule has 0 amide bonds. The number of benzene rings is 4. The average Bonchev–Trinajstić information content (AvgIpc) is 3.62. The minimum atomic E-state index is -1.31. The van der Waals surface area contributed by atoms with Crippen LogP contribution in [0.2, 0.25) is 0 Å². The molecule has 4 nitrogen and oxygen atoms in total. The van der Waals surface area contributed by atoms with Gasteiger partial charge in [0.05, 0.1) is 21.3 Å². The fourth-order valence-corrected chi connectivity index (χ4v) is 7.20. The van der Waals surface area contributed by atoms with E-state index < -0.39 is 17.3 Å². The van der Waals surface area contributed by atoms with Gasteiger partial charge in [-0.15, -0.1) is 11.3 Å². The molecule has 200 valence electrons. The van der Waals surface area contributed by atoms with Crippen molar-refractivity contribution < 1.29 is 14.3 Å². The van der Waals surface area contributed by atoms with E-state index in [2.05, 4.69) is 42.5 Å². The topological polar surface area (TPSA) is 55.1 Å². The molecule has 41 heavy (non-hydrogen) atoms. The number of carboxylic acids is 1. The highest BCUT2D eigenvalue weighted by Gasteiger charge is 2.45. The molecule has 1 atom stereocenters. The minimum absolute atomic E-state index is 0.0575. The van der Waals surface area contributed by atoms with E-state index in [9.17, 15) is 9.90 Å². The SMILES string of the molecule is O=C(O)c1ccc2c(c(-c3cc4ccccc4s3)nn2C(c2ccccc2)(c2ccccc2)C2C=CC=CC2)c1F. The lowest BCUT2D eigenvalue weighted by molar-refractivity contribution is 0.0692. The van der Waals surface area contributed by atoms with Crippen LogP contribution in [0.15, 0.2) is 127 Å². The van der Waals surface area contributed by atoms with Gasteiger partial charge in [-0.3, -0.25) is 0 Å². The largest absolute Gasteiger partial charge is 0.478 e. The van der Waals surface area contributed by atoms with Crippen LogP contribution in [0.3, 0.4) is 0 Å². The predicted octanol–water partition coefficient (Wildman–Crippen LogP) is 8.68. The van der Waals surface area contributed by atoms with Crippen molar-refractivity contribution in [3.63, 3.8) is 0 Å². The van der Waals surface area contributed by atoms with Gasteiger partial charge in [0.15, 0.2) is 0 Å². The summed E-state index contributed by atoms with van der Waals surface area (Å²) in [5.41, 5.74) is 1.76. The Morgan fingerprint density at radius 1 is 0.902 bits per heavy atom. The Hall–Kier alpha value is -4.81. The Morgan fingerprint density at radius 3 is 2.22 bits per heavy atom. The van der Waals surface area contributed by atoms with Crippen LogP contribution in [0.1, 0.15) is 27.9 Å². The molecule has 0 radical (unpaired) electrons. The summed E-state index contributed by atoms with van der Waals surface area (Å²) in [6, 6.07) is 33.4. The molecule has 4 aromatic carbocycles. The van der Waals surface area contributed by atoms with Crippen molar-refractivity contribution in [3.05, 3.63) is 150 Å². The van der Waals surface area contributed by atoms with Crippen LogP contribution >= 0.6 is 11.3 Å². The summed E-state index contributed by atoms with van der Waals surface area (Å²) in [6.45, 7) is 0. The lowest BCUT2D eigenvalue weighted by Crippen LogP contribution is -2.44. The molecular weight excluding hydrogens is 531 g/mol. The second kappa shape index (κ2) is 9.98. The van der Waals surface area contributed by atoms with Crippen molar-refractivity contribution in [1.29, 1.82) is 0 Å². The number of fused-ring (bicyclic) bond motifs is 2. The summed E-state index contributed by atoms with van der Waals surface area (Å²) in [5, 5.41) is 16.3. The molecule has 6 heteroatoms. The van der Waals surface area contributed by atoms with Crippen LogP contribution < -0.4 is 0 Å². The molecule has 0 aliphatic heterocycles. The van der Waals surface area contributed by atoms with E-state index >= 15 is 4.39 Å². The number of nitrogens with zero attached hydrogens (tertiary/aromatic N) is 2. The van der Waals surface area contributed by atoms with Gasteiger partial charge < -0.3 is 5.11 Å². The van der Waals surface area contributed by atoms with Crippen LogP contribution in [-0.2, 0) is 5.54 Å². The first-order valence-corrected chi connectivity index (χ1v) is 14.3. The monoisotopic (exact) mass is 556 g/mol. The summed E-state index contributed by atoms with van der Waals surface area (Å²) < 4.78 is 19.3. The highest BCUT2D eigenvalue weighted by molar-refractivity contribution is 7.22. The number of carbonyl (C=O) groups is 1. The fraction of sp³-hybridized carbons (Fsp3) is 0.0857. The molecule has 0 fully saturated rings. The first-order valence-electron chi connectivity index (χ1n) is 13.5. The number of carboxylic acid groups (broad SMARTS) is 1. The number of hydrogen-bond acceptors (Lipinski definition) is 3. The van der Waals surface area contributed by atoms with Gasteiger partial charge in [-0.2, -0.15) is 5.10 Å². The van der Waals surface area contributed by atoms with Gasteiger partial charge in [-0.25, -0.2) is 13.9 Å². The zero-order valence-electron chi connectivity index (χ0n) is 21.9. The van der Waals surface area contributed by atoms with Crippen molar-refractivity contribution in [3.8, 4) is 10.6 Å². The molecule has 0 bridgehead atoms. The molecule has 6 aromatic rings. The highest BCUT2D eigenvalue weighted by Crippen LogP contribution is 2.48. The third-order valence-corrected chi connectivity index (χ3v) is 9.08. The lowest BCUT2D eigenvalue weighted by atomic mass is 9.70. The number of aromatic carboxylic acids is 1. The summed E-state index contributed by atoms with van der Waals surface area (Å²) in [7, 11) is 0. The number of halogens is 1. The standard InChI is InChI=1S/C35H25FN2O2S/c36-32-27(34(39)40)20-21-28-31(32)33(30-22-23-12-10-11-19-29(23)41-30)37-38(28)35(24-13-4-1-5-14-24,25-15-6-2-7-16-25)26-17-8-3-9-18-26/h1-17,19-22,26H,18H2,(H,39,40). The Morgan fingerprint density at radius 2 is 1.59 bits per heavy atom. The smallest absolute Gasteiger partial charge is 0.338 e. The second-order valence-corrected chi connectivity index (χ2v) is 11.3. The van der Waals surface area contributed by atoms with Crippen LogP contribution in [0, 0.1) is 11.7 Å². The van der Waals surface area contributed by atoms with Crippen molar-refractivity contribution in [2.24, 2.45) is 5.92 Å². The van der Waals surface area contributed by atoms with E-state index in [0.717, 1.165) is 32.5 Å². The predicted molar refractivity (Wildman–Crippen MR) is 163 cm³/mol. The van der Waals surface area contributed by atoms with Crippen LogP contribution in [0.5, 0.6) is 0 Å². The maximum atomic E-state index is 16.3. The molecule has 0 spiro atoms. The number of hydrogen-bond donors (Lipinski definition) is 1. The van der Waals surface area contributed by atoms with E-state index in [1.54, 1.807) is 6.07 Å². The van der Waals surface area contributed by atoms with E-state index in [1.807, 2.05) is 77.5 Å². The molecule has 2 heterocycles. The molecular formula is C35H25FN2O2S. The third kappa shape index (κ3) is 3.94. The van der Waals surface area contributed by atoms with Crippen LogP contribution in [-0.4, -0.2) is 20.9 Å². The van der Waals surface area contributed by atoms with E-state index in [-0.39, 0.29) is 16.9 Å². The van der Waals surface area contributed by atoms with Gasteiger partial charge in [0.1, 0.15) is 17.1 Å². The molecule has 1 N–H and O–H groups in total. The quantitative estimate of drug-likeness (QED) is 0.223. The molecule has 1 aliphatic rings. The maximum Gasteiger partial charge on any atom is 0.338 e. The summed E-state index contributed by atoms with van der Waals surface area (Å²) >= 11 is 1.52. The van der Waals surface area contributed by atoms with Gasteiger partial charge in [0.2, 0.25) is 0 Å². The van der Waals surface area contributed by atoms with Gasteiger partial charge in [0.25, 0.3) is 0 Å². The average molecular weight is 557 g/mol. The van der Waals surface area contributed by atoms with Gasteiger partial charge in [-0.05, 0) is 47.2 Å². The maximum absolute atomic E-state index is 16.3. The van der Waals surface area contributed by atoms with E-state index in [0.29, 0.717) is 11.2 Å². The fourth-order valence-electron chi connectivity index (χ4n) is 6.15. The van der Waals surface area contributed by atoms with Gasteiger partial charge in [-0.1, -0.05) is 103 Å². The Balaban J connectivity index is 1.64. The van der Waals surface area contributed by atoms with Crippen molar-refractivity contribution in [2.45, 2.75) is 12.0 Å². The summed E-state index contributed by atoms with van der Waals surface area (Å²) in [4.78, 5) is 12.8. The third-order valence-electron chi connectivity index (χ3n) is 7.95. The molecule has 1 aliphatic carbocycles. The zero-order chi connectivity index (χ0) is 28.0. The number of aromatic nitrogens is 2. The van der Waals surface area contributed by atoms with E-state index in [1.165, 1.54) is 17.4 Å². The summed E-state index contributed by atoms with van der Waals surface area (Å²) in [5.74, 6) is -2.14. The van der Waals surface area contributed by atoms with Crippen LogP contribution in [0.4, 0.5) is 4.39 Å². The van der Waals surface area contributed by atoms with Crippen LogP contribution in [0.25, 0.3) is 31.6 Å². The molecule has 2 aromatic heterocycles. The molecule has 0 saturated heterocycles. The second-order valence-electron chi connectivity index (χ2n) is 10.2. The Labute approximate surface area is 240 Å². The van der Waals surface area contributed by atoms with Gasteiger partial charge in [0, 0.05) is 10.6 Å². The molecule has 1 unspecified atom stereocenters. The Bertz CT molecular complexity index is 1900. The molecule has 0 saturated carbocycles. The first kappa shape index (κ1) is 25.2. The van der Waals surface area contributed by atoms with E-state index in [4.69, 9.17) is 5.10 Å². The summed E-state index contributed by atoms with van der Waals surface area (Å²) in [6.07, 6.45) is 9.17. The van der Waals surface area contributed by atoms with Crippen molar-refractivity contribution >= 4 is 38.3 Å². The van der Waals surface area contributed by atoms with Crippen molar-refractivity contribution in [2.75, 3.05) is 0 Å². The highest BCUT2D eigenvalue weighted by atomic mass is 32.1. The first-order chi connectivity index (χ1) is 20.1. The normalized spacial score (nSPS) is 15.1. The number of thiophene rings is 1. The number of rotatable bonds is 6. The van der Waals surface area contributed by atoms with Gasteiger partial charge >= 0.3 is 5.97 Å². The number of allylic oxidation sites excluding steroid dienone is 4. The molecule has 7 rings (SSSR count). The lowest BCUT2D eigenvalue weighted by Gasteiger charge is -2.42. The minimum Gasteiger partial charge on any atom is -0.478 e. The zero-order valence-corrected chi connectivity index (χ0v) is 22.8. The van der Waals surface area contributed by atoms with Crippen molar-refractivity contribution in [1.82, 2.24) is 9.78 Å².